The minimum Gasteiger partial charge on any atom is -0.480 e. The molecule has 3 aromatic rings. The summed E-state index contributed by atoms with van der Waals surface area (Å²) < 4.78 is 7.12. The van der Waals surface area contributed by atoms with E-state index in [0.717, 1.165) is 35.6 Å². The molecule has 6 heteroatoms. The fourth-order valence-electron chi connectivity index (χ4n) is 3.49. The molecule has 0 radical (unpaired) electrons. The summed E-state index contributed by atoms with van der Waals surface area (Å²) >= 11 is 0. The number of rotatable bonds is 6. The highest BCUT2D eigenvalue weighted by Crippen LogP contribution is 2.24. The first-order chi connectivity index (χ1) is 13.3. The summed E-state index contributed by atoms with van der Waals surface area (Å²) in [6.45, 7) is 4.45. The maximum atomic E-state index is 5.08. The zero-order valence-corrected chi connectivity index (χ0v) is 15.7. The van der Waals surface area contributed by atoms with Crippen LogP contribution in [0.4, 0.5) is 0 Å². The van der Waals surface area contributed by atoms with Gasteiger partial charge in [0, 0.05) is 29.9 Å². The number of likely N-dealkylation sites (tertiary alicyclic amines) is 1. The number of methoxy groups -OCH3 is 1. The topological polar surface area (TPSA) is 56.1 Å². The quantitative estimate of drug-likeness (QED) is 0.671. The number of benzene rings is 1. The summed E-state index contributed by atoms with van der Waals surface area (Å²) in [5, 5.41) is 13.0. The van der Waals surface area contributed by atoms with Crippen molar-refractivity contribution in [2.24, 2.45) is 0 Å². The van der Waals surface area contributed by atoms with Crippen LogP contribution in [0.3, 0.4) is 0 Å². The average Bonchev–Trinajstić information content (AvgIpc) is 3.22. The first kappa shape index (κ1) is 17.7. The second-order valence-corrected chi connectivity index (χ2v) is 6.91. The molecule has 1 aliphatic heterocycles. The number of hydrogen-bond donors (Lipinski definition) is 0. The average molecular weight is 363 g/mol. The Morgan fingerprint density at radius 2 is 1.70 bits per heavy atom. The van der Waals surface area contributed by atoms with E-state index >= 15 is 0 Å². The van der Waals surface area contributed by atoms with E-state index in [1.54, 1.807) is 7.11 Å². The second-order valence-electron chi connectivity index (χ2n) is 6.91. The van der Waals surface area contributed by atoms with Crippen LogP contribution < -0.4 is 4.74 Å². The Morgan fingerprint density at radius 3 is 2.44 bits per heavy atom. The van der Waals surface area contributed by atoms with Gasteiger partial charge in [-0.05, 0) is 44.1 Å². The number of hydrogen-bond acceptors (Lipinski definition) is 5. The monoisotopic (exact) mass is 363 g/mol. The number of piperidine rings is 1. The van der Waals surface area contributed by atoms with Crippen molar-refractivity contribution in [3.05, 3.63) is 48.7 Å². The Balaban J connectivity index is 1.46. The summed E-state index contributed by atoms with van der Waals surface area (Å²) in [5.74, 6) is 0.516. The van der Waals surface area contributed by atoms with Gasteiger partial charge in [-0.15, -0.1) is 10.2 Å². The Morgan fingerprint density at radius 1 is 0.889 bits per heavy atom. The van der Waals surface area contributed by atoms with Crippen LogP contribution >= 0.6 is 0 Å². The van der Waals surface area contributed by atoms with Crippen LogP contribution in [0.1, 0.15) is 19.3 Å². The zero-order chi connectivity index (χ0) is 18.5. The first-order valence-electron chi connectivity index (χ1n) is 9.56. The molecular weight excluding hydrogens is 338 g/mol. The number of nitrogens with zero attached hydrogens (tertiary/aromatic N) is 5. The summed E-state index contributed by atoms with van der Waals surface area (Å²) in [6.07, 6.45) is 6.09. The fraction of sp³-hybridized carbons (Fsp3) is 0.381. The Hall–Kier alpha value is -2.73. The summed E-state index contributed by atoms with van der Waals surface area (Å²) in [6, 6.07) is 14.1. The van der Waals surface area contributed by atoms with Gasteiger partial charge in [-0.2, -0.15) is 5.10 Å². The Labute approximate surface area is 159 Å². The van der Waals surface area contributed by atoms with Crippen LogP contribution in [0.25, 0.3) is 22.5 Å². The summed E-state index contributed by atoms with van der Waals surface area (Å²) in [4.78, 5) is 2.54. The van der Waals surface area contributed by atoms with E-state index in [0.29, 0.717) is 5.88 Å². The molecular formula is C21H25N5O. The van der Waals surface area contributed by atoms with Crippen LogP contribution in [-0.4, -0.2) is 51.6 Å². The van der Waals surface area contributed by atoms with Gasteiger partial charge in [0.25, 0.3) is 0 Å². The molecule has 2 aromatic heterocycles. The molecule has 0 amide bonds. The maximum absolute atomic E-state index is 5.08. The van der Waals surface area contributed by atoms with Crippen molar-refractivity contribution in [1.82, 2.24) is 24.9 Å². The van der Waals surface area contributed by atoms with Crippen LogP contribution in [0.15, 0.2) is 48.7 Å². The van der Waals surface area contributed by atoms with Gasteiger partial charge < -0.3 is 9.64 Å². The molecule has 0 spiro atoms. The first-order valence-corrected chi connectivity index (χ1v) is 9.56. The van der Waals surface area contributed by atoms with Gasteiger partial charge in [0.1, 0.15) is 0 Å². The van der Waals surface area contributed by atoms with Gasteiger partial charge >= 0.3 is 0 Å². The van der Waals surface area contributed by atoms with Gasteiger partial charge in [-0.3, -0.25) is 4.68 Å². The van der Waals surface area contributed by atoms with Gasteiger partial charge in [0.15, 0.2) is 0 Å². The van der Waals surface area contributed by atoms with Crippen molar-refractivity contribution < 1.29 is 4.74 Å². The summed E-state index contributed by atoms with van der Waals surface area (Å²) in [5.41, 5.74) is 3.91. The largest absolute Gasteiger partial charge is 0.480 e. The van der Waals surface area contributed by atoms with Gasteiger partial charge in [-0.1, -0.05) is 24.6 Å². The Kier molecular flexibility index (Phi) is 5.44. The molecule has 140 valence electrons. The SMILES string of the molecule is COc1ccc(-c2cccc(-c3ccn(CCN4CCCCC4)n3)c2)nn1. The van der Waals surface area contributed by atoms with Crippen LogP contribution in [0, 0.1) is 0 Å². The lowest BCUT2D eigenvalue weighted by Crippen LogP contribution is -2.32. The van der Waals surface area contributed by atoms with Crippen molar-refractivity contribution in [2.45, 2.75) is 25.8 Å². The predicted molar refractivity (Wildman–Crippen MR) is 106 cm³/mol. The molecule has 1 aliphatic rings. The maximum Gasteiger partial charge on any atom is 0.233 e. The minimum absolute atomic E-state index is 0.516. The lowest BCUT2D eigenvalue weighted by Gasteiger charge is -2.26. The van der Waals surface area contributed by atoms with Gasteiger partial charge in [-0.25, -0.2) is 0 Å². The smallest absolute Gasteiger partial charge is 0.233 e. The van der Waals surface area contributed by atoms with Crippen LogP contribution in [0.5, 0.6) is 5.88 Å². The molecule has 0 N–H and O–H groups in total. The highest BCUT2D eigenvalue weighted by Gasteiger charge is 2.11. The second kappa shape index (κ2) is 8.31. The highest BCUT2D eigenvalue weighted by atomic mass is 16.5. The standard InChI is InChI=1S/C21H25N5O/c1-27-21-9-8-19(22-23-21)17-6-5-7-18(16-17)20-10-13-26(24-20)15-14-25-11-3-2-4-12-25/h5-10,13,16H,2-4,11-12,14-15H2,1H3. The molecule has 0 saturated carbocycles. The van der Waals surface area contributed by atoms with Crippen molar-refractivity contribution in [3.8, 4) is 28.4 Å². The molecule has 27 heavy (non-hydrogen) atoms. The molecule has 3 heterocycles. The molecule has 6 nitrogen and oxygen atoms in total. The molecule has 0 bridgehead atoms. The van der Waals surface area contributed by atoms with E-state index in [4.69, 9.17) is 9.84 Å². The lowest BCUT2D eigenvalue weighted by atomic mass is 10.1. The van der Waals surface area contributed by atoms with E-state index in [1.807, 2.05) is 28.9 Å². The zero-order valence-electron chi connectivity index (χ0n) is 15.7. The molecule has 1 saturated heterocycles. The van der Waals surface area contributed by atoms with Crippen molar-refractivity contribution >= 4 is 0 Å². The molecule has 1 fully saturated rings. The third-order valence-electron chi connectivity index (χ3n) is 5.04. The van der Waals surface area contributed by atoms with E-state index in [9.17, 15) is 0 Å². The van der Waals surface area contributed by atoms with Crippen LogP contribution in [-0.2, 0) is 6.54 Å². The van der Waals surface area contributed by atoms with Gasteiger partial charge in [0.05, 0.1) is 25.0 Å². The molecule has 1 aromatic carbocycles. The molecule has 0 unspecified atom stereocenters. The summed E-state index contributed by atoms with van der Waals surface area (Å²) in [7, 11) is 1.59. The lowest BCUT2D eigenvalue weighted by molar-refractivity contribution is 0.218. The third-order valence-corrected chi connectivity index (χ3v) is 5.04. The normalized spacial score (nSPS) is 15.0. The van der Waals surface area contributed by atoms with Crippen molar-refractivity contribution in [1.29, 1.82) is 0 Å². The number of ether oxygens (including phenoxy) is 1. The number of aromatic nitrogens is 4. The molecule has 0 atom stereocenters. The van der Waals surface area contributed by atoms with Gasteiger partial charge in [0.2, 0.25) is 5.88 Å². The highest BCUT2D eigenvalue weighted by molar-refractivity contribution is 5.69. The van der Waals surface area contributed by atoms with Crippen molar-refractivity contribution in [3.63, 3.8) is 0 Å². The van der Waals surface area contributed by atoms with Crippen molar-refractivity contribution in [2.75, 3.05) is 26.7 Å². The van der Waals surface area contributed by atoms with E-state index in [2.05, 4.69) is 39.5 Å². The third kappa shape index (κ3) is 4.34. The predicted octanol–water partition coefficient (Wildman–Crippen LogP) is 3.50. The van der Waals surface area contributed by atoms with E-state index in [-0.39, 0.29) is 0 Å². The molecule has 0 aliphatic carbocycles. The fourth-order valence-corrected chi connectivity index (χ4v) is 3.49. The molecule has 4 rings (SSSR count). The van der Waals surface area contributed by atoms with E-state index in [1.165, 1.54) is 32.4 Å². The van der Waals surface area contributed by atoms with E-state index < -0.39 is 0 Å². The minimum atomic E-state index is 0.516. The van der Waals surface area contributed by atoms with Crippen LogP contribution in [0.2, 0.25) is 0 Å². The Bertz CT molecular complexity index is 868.